The number of hydrogen-bond acceptors (Lipinski definition) is 3. The van der Waals surface area contributed by atoms with E-state index in [0.29, 0.717) is 0 Å². The van der Waals surface area contributed by atoms with Crippen LogP contribution in [0.2, 0.25) is 0 Å². The van der Waals surface area contributed by atoms with Crippen LogP contribution in [-0.4, -0.2) is 0 Å². The van der Waals surface area contributed by atoms with Gasteiger partial charge in [0.1, 0.15) is 0 Å². The second kappa shape index (κ2) is 13.5. The molecule has 1 aliphatic carbocycles. The Kier molecular flexibility index (Phi) is 7.76. The quantitative estimate of drug-likeness (QED) is 0.167. The normalized spacial score (nSPS) is 13.1. The highest BCUT2D eigenvalue weighted by Crippen LogP contribution is 2.55. The Morgan fingerprint density at radius 1 is 0.355 bits per heavy atom. The highest BCUT2D eigenvalue weighted by atomic mass is 32.1. The summed E-state index contributed by atoms with van der Waals surface area (Å²) in [6.07, 6.45) is 0. The first kappa shape index (κ1) is 35.7. The molecular formula is C59H39NS2. The maximum absolute atomic E-state index is 2.50. The first-order valence-electron chi connectivity index (χ1n) is 21.4. The smallest absolute Gasteiger partial charge is 0.0508 e. The minimum absolute atomic E-state index is 0.190. The molecule has 1 aliphatic rings. The number of benzene rings is 10. The molecule has 3 heteroatoms. The summed E-state index contributed by atoms with van der Waals surface area (Å²) < 4.78 is 5.37. The Bertz CT molecular complexity index is 3790. The third kappa shape index (κ3) is 5.19. The first-order valence-corrected chi connectivity index (χ1v) is 23.0. The number of rotatable bonds is 5. The van der Waals surface area contributed by atoms with Crippen molar-refractivity contribution in [1.82, 2.24) is 0 Å². The minimum Gasteiger partial charge on any atom is -0.310 e. The lowest BCUT2D eigenvalue weighted by Crippen LogP contribution is -2.20. The van der Waals surface area contributed by atoms with Crippen molar-refractivity contribution in [3.63, 3.8) is 0 Å². The molecule has 0 aliphatic heterocycles. The van der Waals surface area contributed by atoms with Gasteiger partial charge in [-0.25, -0.2) is 0 Å². The molecule has 0 fully saturated rings. The summed E-state index contributed by atoms with van der Waals surface area (Å²) >= 11 is 3.83. The summed E-state index contributed by atoms with van der Waals surface area (Å²) in [7, 11) is 0. The molecule has 0 spiro atoms. The Morgan fingerprint density at radius 2 is 0.871 bits per heavy atom. The van der Waals surface area contributed by atoms with Crippen LogP contribution in [0.4, 0.5) is 17.1 Å². The predicted molar refractivity (Wildman–Crippen MR) is 270 cm³/mol. The Labute approximate surface area is 368 Å². The Balaban J connectivity index is 0.989. The van der Waals surface area contributed by atoms with Crippen molar-refractivity contribution >= 4 is 102 Å². The van der Waals surface area contributed by atoms with Gasteiger partial charge in [-0.2, -0.15) is 0 Å². The fourth-order valence-corrected chi connectivity index (χ4v) is 13.3. The Morgan fingerprint density at radius 3 is 1.55 bits per heavy atom. The summed E-state index contributed by atoms with van der Waals surface area (Å²) in [6, 6.07) is 74.6. The molecule has 1 nitrogen and oxygen atoms in total. The molecule has 292 valence electrons. The van der Waals surface area contributed by atoms with Crippen molar-refractivity contribution in [2.75, 3.05) is 4.90 Å². The average molecular weight is 826 g/mol. The van der Waals surface area contributed by atoms with Crippen molar-refractivity contribution < 1.29 is 0 Å². The van der Waals surface area contributed by atoms with Crippen LogP contribution in [0.25, 0.3) is 95.3 Å². The van der Waals surface area contributed by atoms with E-state index in [1.54, 1.807) is 0 Å². The van der Waals surface area contributed by atoms with Crippen LogP contribution in [0.1, 0.15) is 25.0 Å². The molecule has 13 rings (SSSR count). The van der Waals surface area contributed by atoms with E-state index in [4.69, 9.17) is 0 Å². The topological polar surface area (TPSA) is 3.24 Å². The molecule has 62 heavy (non-hydrogen) atoms. The first-order chi connectivity index (χ1) is 30.5. The zero-order valence-corrected chi connectivity index (χ0v) is 35.9. The monoisotopic (exact) mass is 825 g/mol. The van der Waals surface area contributed by atoms with Crippen molar-refractivity contribution in [2.24, 2.45) is 0 Å². The molecule has 0 saturated heterocycles. The third-order valence-corrected chi connectivity index (χ3v) is 16.0. The van der Waals surface area contributed by atoms with Gasteiger partial charge in [-0.05, 0) is 96.4 Å². The van der Waals surface area contributed by atoms with Gasteiger partial charge in [-0.3, -0.25) is 0 Å². The minimum atomic E-state index is -0.190. The van der Waals surface area contributed by atoms with Crippen LogP contribution >= 0.6 is 22.7 Å². The molecule has 2 aromatic heterocycles. The van der Waals surface area contributed by atoms with E-state index < -0.39 is 0 Å². The van der Waals surface area contributed by atoms with Crippen molar-refractivity contribution in [3.8, 4) is 33.4 Å². The molecule has 0 unspecified atom stereocenters. The van der Waals surface area contributed by atoms with E-state index in [9.17, 15) is 0 Å². The molecule has 0 N–H and O–H groups in total. The largest absolute Gasteiger partial charge is 0.310 e. The molecule has 10 aromatic carbocycles. The summed E-state index contributed by atoms with van der Waals surface area (Å²) in [6.45, 7) is 4.78. The number of thiophene rings is 2. The van der Waals surface area contributed by atoms with E-state index in [2.05, 4.69) is 219 Å². The number of anilines is 3. The van der Waals surface area contributed by atoms with Crippen LogP contribution in [0.3, 0.4) is 0 Å². The lowest BCUT2D eigenvalue weighted by atomic mass is 9.81. The fraction of sp³-hybridized carbons (Fsp3) is 0.0508. The maximum atomic E-state index is 2.50. The molecule has 2 heterocycles. The van der Waals surface area contributed by atoms with Gasteiger partial charge in [-0.15, -0.1) is 22.7 Å². The summed E-state index contributed by atoms with van der Waals surface area (Å²) in [5.41, 5.74) is 13.6. The summed E-state index contributed by atoms with van der Waals surface area (Å²) in [5, 5.41) is 10.5. The van der Waals surface area contributed by atoms with Crippen LogP contribution in [-0.2, 0) is 5.41 Å². The summed E-state index contributed by atoms with van der Waals surface area (Å²) in [5.74, 6) is 0. The van der Waals surface area contributed by atoms with E-state index in [-0.39, 0.29) is 5.41 Å². The van der Waals surface area contributed by atoms with Gasteiger partial charge in [0.05, 0.1) is 5.69 Å². The molecule has 12 aromatic rings. The molecular weight excluding hydrogens is 787 g/mol. The molecule has 0 atom stereocenters. The molecule has 0 radical (unpaired) electrons. The lowest BCUT2D eigenvalue weighted by molar-refractivity contribution is 0.661. The van der Waals surface area contributed by atoms with Gasteiger partial charge in [0, 0.05) is 57.1 Å². The molecule has 0 amide bonds. The zero-order chi connectivity index (χ0) is 41.1. The van der Waals surface area contributed by atoms with Gasteiger partial charge in [0.2, 0.25) is 0 Å². The van der Waals surface area contributed by atoms with Crippen LogP contribution in [0, 0.1) is 0 Å². The Hall–Kier alpha value is -7.04. The highest BCUT2D eigenvalue weighted by Gasteiger charge is 2.38. The van der Waals surface area contributed by atoms with E-state index in [1.807, 2.05) is 22.7 Å². The molecule has 0 bridgehead atoms. The van der Waals surface area contributed by atoms with Crippen LogP contribution < -0.4 is 4.90 Å². The SMILES string of the molecule is CC1(C)c2ccccc2-c2cccc(N(c3ccc(-c4cccc5c4sc4c6ccccc6ccc54)cc3)c3cccc(-c4cccc5c4sc4c6ccccc6ccc54)c3)c21. The number of nitrogens with zero attached hydrogens (tertiary/aromatic N) is 1. The number of hydrogen-bond donors (Lipinski definition) is 0. The van der Waals surface area contributed by atoms with E-state index in [0.717, 1.165) is 11.4 Å². The lowest BCUT2D eigenvalue weighted by Gasteiger charge is -2.32. The van der Waals surface area contributed by atoms with Crippen LogP contribution in [0.15, 0.2) is 200 Å². The number of fused-ring (bicyclic) bond motifs is 13. The second-order valence-corrected chi connectivity index (χ2v) is 19.2. The fourth-order valence-electron chi connectivity index (χ4n) is 10.5. The van der Waals surface area contributed by atoms with Crippen LogP contribution in [0.5, 0.6) is 0 Å². The molecule has 0 saturated carbocycles. The maximum Gasteiger partial charge on any atom is 0.0508 e. The highest BCUT2D eigenvalue weighted by molar-refractivity contribution is 7.27. The summed E-state index contributed by atoms with van der Waals surface area (Å²) in [4.78, 5) is 2.50. The second-order valence-electron chi connectivity index (χ2n) is 17.2. The van der Waals surface area contributed by atoms with Crippen molar-refractivity contribution in [1.29, 1.82) is 0 Å². The van der Waals surface area contributed by atoms with E-state index in [1.165, 1.54) is 112 Å². The van der Waals surface area contributed by atoms with Gasteiger partial charge in [0.15, 0.2) is 0 Å². The third-order valence-electron chi connectivity index (χ3n) is 13.4. The zero-order valence-electron chi connectivity index (χ0n) is 34.3. The van der Waals surface area contributed by atoms with Crippen molar-refractivity contribution in [2.45, 2.75) is 19.3 Å². The van der Waals surface area contributed by atoms with E-state index >= 15 is 0 Å². The van der Waals surface area contributed by atoms with Crippen molar-refractivity contribution in [3.05, 3.63) is 211 Å². The predicted octanol–water partition coefficient (Wildman–Crippen LogP) is 17.8. The van der Waals surface area contributed by atoms with Gasteiger partial charge >= 0.3 is 0 Å². The van der Waals surface area contributed by atoms with Gasteiger partial charge < -0.3 is 4.90 Å². The average Bonchev–Trinajstić information content (AvgIpc) is 3.98. The standard InChI is InChI=1S/C59H39NS2/c1-59(2)52-25-8-7-19-46(52)47-22-12-26-53(54(47)59)60(40-31-27-38(28-32-40)44-20-10-23-48-50-33-29-36-13-3-5-17-42(36)56(50)61-55(44)48)41-16-9-15-39(35-41)45-21-11-24-49-51-34-30-37-14-4-6-18-43(37)57(51)62-58(45)49/h3-35H,1-2H3. The van der Waals surface area contributed by atoms with Gasteiger partial charge in [-0.1, -0.05) is 184 Å². The van der Waals surface area contributed by atoms with Gasteiger partial charge in [0.25, 0.3) is 0 Å².